The number of rotatable bonds is 1. The lowest BCUT2D eigenvalue weighted by Crippen LogP contribution is -2.28. The van der Waals surface area contributed by atoms with E-state index in [1.807, 2.05) is 6.07 Å². The van der Waals surface area contributed by atoms with E-state index in [4.69, 9.17) is 4.52 Å². The molecule has 1 amide bonds. The van der Waals surface area contributed by atoms with E-state index in [2.05, 4.69) is 0 Å². The third-order valence-corrected chi connectivity index (χ3v) is 3.74. The first kappa shape index (κ1) is 10.9. The zero-order valence-corrected chi connectivity index (χ0v) is 10.2. The maximum absolute atomic E-state index is 12.3. The SMILES string of the molecule is O=C1c2ccccc2O[P](=O)N1c1ccccc1. The summed E-state index contributed by atoms with van der Waals surface area (Å²) >= 11 is 0. The maximum Gasteiger partial charge on any atom is 0.392 e. The van der Waals surface area contributed by atoms with Crippen molar-refractivity contribution in [1.82, 2.24) is 0 Å². The molecule has 1 unspecified atom stereocenters. The third kappa shape index (κ3) is 1.67. The van der Waals surface area contributed by atoms with Gasteiger partial charge in [0.05, 0.1) is 11.3 Å². The van der Waals surface area contributed by atoms with E-state index in [1.165, 1.54) is 4.67 Å². The highest BCUT2D eigenvalue weighted by atomic mass is 31.1. The minimum absolute atomic E-state index is 0.302. The number of para-hydroxylation sites is 2. The second kappa shape index (κ2) is 4.24. The number of nitrogens with zero attached hydrogens (tertiary/aromatic N) is 1. The van der Waals surface area contributed by atoms with Gasteiger partial charge in [-0.3, -0.25) is 4.79 Å². The molecule has 5 heteroatoms. The lowest BCUT2D eigenvalue weighted by molar-refractivity contribution is 0.0997. The number of benzene rings is 2. The van der Waals surface area contributed by atoms with Gasteiger partial charge in [-0.25, -0.2) is 9.24 Å². The van der Waals surface area contributed by atoms with E-state index in [-0.39, 0.29) is 5.91 Å². The van der Waals surface area contributed by atoms with E-state index in [1.54, 1.807) is 48.5 Å². The van der Waals surface area contributed by atoms with E-state index >= 15 is 0 Å². The highest BCUT2D eigenvalue weighted by molar-refractivity contribution is 7.43. The molecule has 1 aliphatic heterocycles. The maximum atomic E-state index is 12.3. The van der Waals surface area contributed by atoms with Crippen LogP contribution in [-0.4, -0.2) is 5.91 Å². The van der Waals surface area contributed by atoms with Crippen LogP contribution in [0, 0.1) is 0 Å². The van der Waals surface area contributed by atoms with Gasteiger partial charge in [0.15, 0.2) is 0 Å². The van der Waals surface area contributed by atoms with E-state index in [0.717, 1.165) is 0 Å². The molecule has 4 nitrogen and oxygen atoms in total. The summed E-state index contributed by atoms with van der Waals surface area (Å²) in [6.07, 6.45) is 0. The van der Waals surface area contributed by atoms with Crippen molar-refractivity contribution in [2.75, 3.05) is 4.67 Å². The van der Waals surface area contributed by atoms with Gasteiger partial charge in [-0.2, -0.15) is 0 Å². The molecule has 0 spiro atoms. The van der Waals surface area contributed by atoms with E-state index in [9.17, 15) is 9.36 Å². The number of anilines is 1. The van der Waals surface area contributed by atoms with Crippen LogP contribution >= 0.6 is 8.18 Å². The van der Waals surface area contributed by atoms with Crippen LogP contribution in [0.2, 0.25) is 0 Å². The second-order valence-corrected chi connectivity index (χ2v) is 4.84. The number of hydrogen-bond acceptors (Lipinski definition) is 3. The first-order chi connectivity index (χ1) is 8.77. The number of carbonyl (C=O) groups excluding carboxylic acids is 1. The average Bonchev–Trinajstić information content (AvgIpc) is 2.40. The monoisotopic (exact) mass is 258 g/mol. The van der Waals surface area contributed by atoms with E-state index in [0.29, 0.717) is 17.0 Å². The Labute approximate surface area is 105 Å². The lowest BCUT2D eigenvalue weighted by atomic mass is 10.2. The molecular weight excluding hydrogens is 249 g/mol. The number of carbonyl (C=O) groups is 1. The highest BCUT2D eigenvalue weighted by Crippen LogP contribution is 2.43. The Morgan fingerprint density at radius 3 is 2.39 bits per heavy atom. The van der Waals surface area contributed by atoms with Crippen molar-refractivity contribution in [3.63, 3.8) is 0 Å². The average molecular weight is 258 g/mol. The zero-order valence-electron chi connectivity index (χ0n) is 9.32. The largest absolute Gasteiger partial charge is 0.401 e. The standard InChI is InChI=1S/C13H9NO3P/c15-13-11-8-4-5-9-12(11)17-18(16)14(13)10-6-2-1-3-7-10/h1-9H. The van der Waals surface area contributed by atoms with Gasteiger partial charge in [0, 0.05) is 0 Å². The minimum atomic E-state index is -2.22. The fraction of sp³-hybridized carbons (Fsp3) is 0. The molecule has 0 bridgehead atoms. The molecule has 89 valence electrons. The predicted octanol–water partition coefficient (Wildman–Crippen LogP) is 3.38. The van der Waals surface area contributed by atoms with Crippen molar-refractivity contribution in [2.45, 2.75) is 0 Å². The van der Waals surface area contributed by atoms with Crippen molar-refractivity contribution < 1.29 is 13.9 Å². The molecular formula is C13H9NO3P. The Bertz CT molecular complexity index is 627. The number of amides is 1. The first-order valence-electron chi connectivity index (χ1n) is 5.41. The van der Waals surface area contributed by atoms with Gasteiger partial charge in [-0.15, -0.1) is 0 Å². The van der Waals surface area contributed by atoms with Gasteiger partial charge in [0.25, 0.3) is 5.91 Å². The molecule has 1 atom stereocenters. The molecule has 0 saturated heterocycles. The molecule has 0 saturated carbocycles. The van der Waals surface area contributed by atoms with Crippen molar-refractivity contribution in [2.24, 2.45) is 0 Å². The third-order valence-electron chi connectivity index (χ3n) is 2.65. The zero-order chi connectivity index (χ0) is 12.5. The van der Waals surface area contributed by atoms with Gasteiger partial charge in [0.2, 0.25) is 0 Å². The molecule has 1 aliphatic rings. The number of fused-ring (bicyclic) bond motifs is 1. The Morgan fingerprint density at radius 1 is 0.944 bits per heavy atom. The molecule has 1 heterocycles. The van der Waals surface area contributed by atoms with Crippen LogP contribution in [0.15, 0.2) is 54.6 Å². The number of hydrogen-bond donors (Lipinski definition) is 0. The van der Waals surface area contributed by atoms with Crippen LogP contribution in [0.5, 0.6) is 5.75 Å². The van der Waals surface area contributed by atoms with Gasteiger partial charge >= 0.3 is 8.18 Å². The van der Waals surface area contributed by atoms with Gasteiger partial charge in [-0.05, 0) is 24.3 Å². The van der Waals surface area contributed by atoms with Crippen LogP contribution < -0.4 is 9.19 Å². The molecule has 0 aromatic heterocycles. The summed E-state index contributed by atoms with van der Waals surface area (Å²) in [6.45, 7) is 0. The summed E-state index contributed by atoms with van der Waals surface area (Å²) in [5.41, 5.74) is 0.995. The Kier molecular flexibility index (Phi) is 2.58. The van der Waals surface area contributed by atoms with Crippen LogP contribution in [0.4, 0.5) is 5.69 Å². The van der Waals surface area contributed by atoms with Gasteiger partial charge in [-0.1, -0.05) is 30.3 Å². The summed E-state index contributed by atoms with van der Waals surface area (Å²) in [7, 11) is -2.22. The molecule has 3 rings (SSSR count). The summed E-state index contributed by atoms with van der Waals surface area (Å²) in [5, 5.41) is 0. The van der Waals surface area contributed by atoms with Crippen LogP contribution in [0.1, 0.15) is 10.4 Å². The first-order valence-corrected chi connectivity index (χ1v) is 6.54. The molecule has 0 fully saturated rings. The molecule has 1 radical (unpaired) electrons. The van der Waals surface area contributed by atoms with Crippen molar-refractivity contribution in [3.8, 4) is 5.75 Å². The molecule has 2 aromatic rings. The fourth-order valence-corrected chi connectivity index (χ4v) is 2.80. The minimum Gasteiger partial charge on any atom is -0.401 e. The van der Waals surface area contributed by atoms with Crippen LogP contribution in [-0.2, 0) is 4.57 Å². The van der Waals surface area contributed by atoms with Crippen molar-refractivity contribution in [1.29, 1.82) is 0 Å². The van der Waals surface area contributed by atoms with Crippen molar-refractivity contribution in [3.05, 3.63) is 60.2 Å². The van der Waals surface area contributed by atoms with Crippen molar-refractivity contribution >= 4 is 19.8 Å². The van der Waals surface area contributed by atoms with E-state index < -0.39 is 8.18 Å². The van der Waals surface area contributed by atoms with Gasteiger partial charge in [0.1, 0.15) is 5.75 Å². The molecule has 0 N–H and O–H groups in total. The van der Waals surface area contributed by atoms with Crippen LogP contribution in [0.25, 0.3) is 0 Å². The Morgan fingerprint density at radius 2 is 1.61 bits per heavy atom. The molecule has 2 aromatic carbocycles. The predicted molar refractivity (Wildman–Crippen MR) is 67.9 cm³/mol. The highest BCUT2D eigenvalue weighted by Gasteiger charge is 2.33. The Balaban J connectivity index is 2.09. The Hall–Kier alpha value is -2.19. The summed E-state index contributed by atoms with van der Waals surface area (Å²) in [4.78, 5) is 12.3. The topological polar surface area (TPSA) is 46.6 Å². The quantitative estimate of drug-likeness (QED) is 0.736. The molecule has 0 aliphatic carbocycles. The van der Waals surface area contributed by atoms with Gasteiger partial charge < -0.3 is 4.52 Å². The summed E-state index contributed by atoms with van der Waals surface area (Å²) < 4.78 is 18.5. The second-order valence-electron chi connectivity index (χ2n) is 3.78. The normalized spacial score (nSPS) is 16.1. The summed E-state index contributed by atoms with van der Waals surface area (Å²) in [5.74, 6) is 0.0694. The molecule has 18 heavy (non-hydrogen) atoms. The lowest BCUT2D eigenvalue weighted by Gasteiger charge is -2.25. The van der Waals surface area contributed by atoms with Crippen LogP contribution in [0.3, 0.4) is 0 Å². The fourth-order valence-electron chi connectivity index (χ4n) is 1.82. The summed E-state index contributed by atoms with van der Waals surface area (Å²) in [6, 6.07) is 15.6. The smallest absolute Gasteiger partial charge is 0.392 e.